The summed E-state index contributed by atoms with van der Waals surface area (Å²) in [5.74, 6) is -3.09. The predicted octanol–water partition coefficient (Wildman–Crippen LogP) is 17.8. The first-order valence-corrected chi connectivity index (χ1v) is 33.3. The van der Waals surface area contributed by atoms with Crippen molar-refractivity contribution >= 4 is 23.9 Å². The number of carbonyl (C=O) groups is 4. The maximum Gasteiger partial charge on any atom is 0.335 e. The average molecular weight is 1120 g/mol. The van der Waals surface area contributed by atoms with Gasteiger partial charge in [-0.3, -0.25) is 14.4 Å². The minimum Gasteiger partial charge on any atom is -0.479 e. The number of unbranched alkanes of at least 4 members (excludes halogenated alkanes) is 40. The van der Waals surface area contributed by atoms with Crippen molar-refractivity contribution in [2.75, 3.05) is 13.2 Å². The molecule has 0 aromatic heterocycles. The third-order valence-electron chi connectivity index (χ3n) is 15.5. The van der Waals surface area contributed by atoms with Gasteiger partial charge in [0, 0.05) is 19.3 Å². The van der Waals surface area contributed by atoms with Crippen LogP contribution < -0.4 is 0 Å². The van der Waals surface area contributed by atoms with Crippen molar-refractivity contribution < 1.29 is 58.2 Å². The van der Waals surface area contributed by atoms with Crippen LogP contribution in [0, 0.1) is 0 Å². The minimum absolute atomic E-state index is 0.0495. The van der Waals surface area contributed by atoms with Gasteiger partial charge >= 0.3 is 23.9 Å². The molecular weight excluding hydrogens is 997 g/mol. The second-order valence-electron chi connectivity index (χ2n) is 23.1. The van der Waals surface area contributed by atoms with Crippen LogP contribution in [0.2, 0.25) is 0 Å². The Morgan fingerprint density at radius 2 is 0.759 bits per heavy atom. The van der Waals surface area contributed by atoms with Gasteiger partial charge in [-0.15, -0.1) is 0 Å². The third kappa shape index (κ3) is 45.4. The molecule has 1 heterocycles. The molecule has 12 nitrogen and oxygen atoms in total. The van der Waals surface area contributed by atoms with Crippen molar-refractivity contribution in [2.45, 2.75) is 366 Å². The Bertz CT molecular complexity index is 1470. The van der Waals surface area contributed by atoms with E-state index in [4.69, 9.17) is 23.7 Å². The lowest BCUT2D eigenvalue weighted by Gasteiger charge is -2.40. The van der Waals surface area contributed by atoms with Crippen LogP contribution in [0.5, 0.6) is 0 Å². The summed E-state index contributed by atoms with van der Waals surface area (Å²) in [7, 11) is 0. The molecule has 0 radical (unpaired) electrons. The maximum atomic E-state index is 13.2. The van der Waals surface area contributed by atoms with Crippen LogP contribution in [-0.4, -0.2) is 89.2 Å². The van der Waals surface area contributed by atoms with Gasteiger partial charge in [-0.25, -0.2) is 4.79 Å². The molecule has 0 aliphatic carbocycles. The zero-order chi connectivity index (χ0) is 57.5. The first-order chi connectivity index (χ1) is 38.6. The van der Waals surface area contributed by atoms with Gasteiger partial charge in [0.2, 0.25) is 0 Å². The Kier molecular flexibility index (Phi) is 52.3. The molecule has 0 aromatic rings. The lowest BCUT2D eigenvalue weighted by atomic mass is 9.98. The highest BCUT2D eigenvalue weighted by Gasteiger charge is 2.50. The highest BCUT2D eigenvalue weighted by molar-refractivity contribution is 5.74. The molecule has 0 aromatic carbocycles. The van der Waals surface area contributed by atoms with Crippen molar-refractivity contribution in [3.8, 4) is 0 Å². The number of ether oxygens (including phenoxy) is 5. The molecule has 12 heteroatoms. The standard InChI is InChI=1S/C67H122O12/c1-4-7-10-13-16-19-22-25-28-30-33-35-38-41-44-47-50-53-59(68)75-56-58(77-60(69)54-51-48-45-42-39-37-34-31-29-26-23-20-17-14-11-8-5-2)57-76-67-65(63(72)62(71)64(79-67)66(73)74)78-61(70)55-52-49-46-43-40-36-32-27-24-21-18-15-12-9-6-3/h18,21,27,32,58,62-65,67,71-72H,4-17,19-20,22-26,28-31,33-57H2,1-3H3,(H,73,74)/b21-18-,32-27-. The van der Waals surface area contributed by atoms with Gasteiger partial charge in [0.15, 0.2) is 24.6 Å². The topological polar surface area (TPSA) is 175 Å². The molecule has 6 atom stereocenters. The van der Waals surface area contributed by atoms with E-state index in [2.05, 4.69) is 45.1 Å². The number of carboxylic acid groups (broad SMARTS) is 1. The van der Waals surface area contributed by atoms with Crippen molar-refractivity contribution in [1.82, 2.24) is 0 Å². The number of rotatable bonds is 58. The van der Waals surface area contributed by atoms with Crippen molar-refractivity contribution in [3.05, 3.63) is 24.3 Å². The van der Waals surface area contributed by atoms with Gasteiger partial charge in [0.25, 0.3) is 0 Å². The summed E-state index contributed by atoms with van der Waals surface area (Å²) in [5.41, 5.74) is 0. The molecule has 1 rings (SSSR count). The monoisotopic (exact) mass is 1120 g/mol. The van der Waals surface area contributed by atoms with Crippen LogP contribution in [0.25, 0.3) is 0 Å². The summed E-state index contributed by atoms with van der Waals surface area (Å²) < 4.78 is 28.6. The lowest BCUT2D eigenvalue weighted by Crippen LogP contribution is -2.61. The molecule has 0 saturated carbocycles. The van der Waals surface area contributed by atoms with E-state index >= 15 is 0 Å². The Morgan fingerprint density at radius 1 is 0.418 bits per heavy atom. The summed E-state index contributed by atoms with van der Waals surface area (Å²) >= 11 is 0. The minimum atomic E-state index is -1.90. The molecule has 1 aliphatic heterocycles. The van der Waals surface area contributed by atoms with Crippen LogP contribution in [0.1, 0.15) is 329 Å². The van der Waals surface area contributed by atoms with E-state index in [9.17, 15) is 34.5 Å². The molecule has 6 unspecified atom stereocenters. The molecule has 0 spiro atoms. The third-order valence-corrected chi connectivity index (χ3v) is 15.5. The number of aliphatic hydroxyl groups is 2. The molecule has 0 bridgehead atoms. The zero-order valence-corrected chi connectivity index (χ0v) is 51.1. The fraction of sp³-hybridized carbons (Fsp3) is 0.881. The number of carbonyl (C=O) groups excluding carboxylic acids is 3. The Hall–Kier alpha value is -2.80. The van der Waals surface area contributed by atoms with Gasteiger partial charge in [-0.2, -0.15) is 0 Å². The summed E-state index contributed by atoms with van der Waals surface area (Å²) in [6.45, 7) is 6.03. The maximum absolute atomic E-state index is 13.2. The molecule has 1 saturated heterocycles. The van der Waals surface area contributed by atoms with Gasteiger partial charge in [-0.1, -0.05) is 283 Å². The van der Waals surface area contributed by atoms with E-state index in [0.717, 1.165) is 83.5 Å². The number of esters is 3. The van der Waals surface area contributed by atoms with E-state index in [1.165, 1.54) is 186 Å². The summed E-state index contributed by atoms with van der Waals surface area (Å²) in [4.78, 5) is 51.3. The zero-order valence-electron chi connectivity index (χ0n) is 51.1. The van der Waals surface area contributed by atoms with Crippen molar-refractivity contribution in [3.63, 3.8) is 0 Å². The Labute approximate surface area is 483 Å². The first-order valence-electron chi connectivity index (χ1n) is 33.3. The van der Waals surface area contributed by atoms with Crippen LogP contribution in [0.3, 0.4) is 0 Å². The van der Waals surface area contributed by atoms with Crippen LogP contribution >= 0.6 is 0 Å². The summed E-state index contributed by atoms with van der Waals surface area (Å²) in [5, 5.41) is 31.6. The Balaban J connectivity index is 2.64. The van der Waals surface area contributed by atoms with Gasteiger partial charge in [-0.05, 0) is 51.4 Å². The quantitative estimate of drug-likeness (QED) is 0.0228. The SMILES string of the molecule is CCCCC/C=C\C/C=C\CCCCCCCC(=O)OC1C(OCC(COC(=O)CCCCCCCCCCCCCCCCCCC)OC(=O)CCCCCCCCCCCCCCCCCCC)OC(C(=O)O)C(O)C1O. The van der Waals surface area contributed by atoms with E-state index in [0.29, 0.717) is 19.3 Å². The molecule has 79 heavy (non-hydrogen) atoms. The molecule has 462 valence electrons. The van der Waals surface area contributed by atoms with E-state index < -0.39 is 67.3 Å². The summed E-state index contributed by atoms with van der Waals surface area (Å²) in [6, 6.07) is 0. The number of allylic oxidation sites excluding steroid dienone is 4. The highest BCUT2D eigenvalue weighted by atomic mass is 16.7. The normalized spacial score (nSPS) is 17.9. The highest BCUT2D eigenvalue weighted by Crippen LogP contribution is 2.27. The number of hydrogen-bond donors (Lipinski definition) is 3. The van der Waals surface area contributed by atoms with Crippen LogP contribution in [0.15, 0.2) is 24.3 Å². The van der Waals surface area contributed by atoms with E-state index in [-0.39, 0.29) is 25.9 Å². The molecule has 1 aliphatic rings. The van der Waals surface area contributed by atoms with Crippen molar-refractivity contribution in [2.24, 2.45) is 0 Å². The summed E-state index contributed by atoms with van der Waals surface area (Å²) in [6.07, 6.45) is 52.8. The largest absolute Gasteiger partial charge is 0.479 e. The van der Waals surface area contributed by atoms with Crippen LogP contribution in [0.4, 0.5) is 0 Å². The van der Waals surface area contributed by atoms with E-state index in [1.54, 1.807) is 0 Å². The van der Waals surface area contributed by atoms with Gasteiger partial charge < -0.3 is 39.0 Å². The number of hydrogen-bond acceptors (Lipinski definition) is 11. The second-order valence-corrected chi connectivity index (χ2v) is 23.1. The van der Waals surface area contributed by atoms with Crippen LogP contribution in [-0.2, 0) is 42.9 Å². The predicted molar refractivity (Wildman–Crippen MR) is 322 cm³/mol. The number of carboxylic acids is 1. The fourth-order valence-electron chi connectivity index (χ4n) is 10.4. The average Bonchev–Trinajstić information content (AvgIpc) is 3.43. The molecule has 3 N–H and O–H groups in total. The Morgan fingerprint density at radius 3 is 1.16 bits per heavy atom. The fourth-order valence-corrected chi connectivity index (χ4v) is 10.4. The molecule has 1 fully saturated rings. The smallest absolute Gasteiger partial charge is 0.335 e. The van der Waals surface area contributed by atoms with Gasteiger partial charge in [0.1, 0.15) is 18.8 Å². The first kappa shape index (κ1) is 74.2. The number of aliphatic hydroxyl groups excluding tert-OH is 2. The molecule has 0 amide bonds. The molecular formula is C67H122O12. The van der Waals surface area contributed by atoms with Crippen molar-refractivity contribution in [1.29, 1.82) is 0 Å². The van der Waals surface area contributed by atoms with E-state index in [1.807, 2.05) is 0 Å². The number of aliphatic carboxylic acids is 1. The van der Waals surface area contributed by atoms with Gasteiger partial charge in [0.05, 0.1) is 6.61 Å². The second kappa shape index (κ2) is 55.7. The lowest BCUT2D eigenvalue weighted by molar-refractivity contribution is -0.301.